The molecule has 298 valence electrons. The van der Waals surface area contributed by atoms with E-state index < -0.39 is 41.6 Å². The maximum Gasteiger partial charge on any atom is 0.408 e. The van der Waals surface area contributed by atoms with Gasteiger partial charge in [-0.3, -0.25) is 14.9 Å². The molecule has 0 radical (unpaired) electrons. The first-order valence-corrected chi connectivity index (χ1v) is 19.6. The van der Waals surface area contributed by atoms with Crippen LogP contribution < -0.4 is 26.6 Å². The second-order valence-electron chi connectivity index (χ2n) is 14.3. The normalized spacial score (nSPS) is 17.7. The molecule has 15 heteroatoms. The molecular formula is C40H53Cl2N7O6. The smallest absolute Gasteiger partial charge is 0.408 e. The van der Waals surface area contributed by atoms with Crippen LogP contribution in [0.2, 0.25) is 10.0 Å². The van der Waals surface area contributed by atoms with Crippen LogP contribution in [0.25, 0.3) is 5.57 Å². The Bertz CT molecular complexity index is 1850. The number of rotatable bonds is 16. The van der Waals surface area contributed by atoms with Crippen LogP contribution in [-0.4, -0.2) is 52.3 Å². The predicted molar refractivity (Wildman–Crippen MR) is 213 cm³/mol. The number of urea groups is 1. The summed E-state index contributed by atoms with van der Waals surface area (Å²) in [6.07, 6.45) is 1.76. The first kappa shape index (κ1) is 43.1. The van der Waals surface area contributed by atoms with Crippen LogP contribution in [0.1, 0.15) is 109 Å². The van der Waals surface area contributed by atoms with E-state index in [1.165, 1.54) is 0 Å². The summed E-state index contributed by atoms with van der Waals surface area (Å²) in [6.45, 7) is 14.0. The fourth-order valence-electron chi connectivity index (χ4n) is 6.44. The van der Waals surface area contributed by atoms with E-state index in [4.69, 9.17) is 32.4 Å². The van der Waals surface area contributed by atoms with Crippen molar-refractivity contribution in [3.05, 3.63) is 80.7 Å². The minimum absolute atomic E-state index is 0.0266. The van der Waals surface area contributed by atoms with Crippen molar-refractivity contribution in [1.29, 1.82) is 0 Å². The Kier molecular flexibility index (Phi) is 15.5. The van der Waals surface area contributed by atoms with Crippen LogP contribution in [0, 0.1) is 18.8 Å². The average molecular weight is 799 g/mol. The van der Waals surface area contributed by atoms with E-state index in [9.17, 15) is 19.2 Å². The Hall–Kier alpha value is -4.62. The van der Waals surface area contributed by atoms with E-state index in [0.29, 0.717) is 35.9 Å². The Morgan fingerprint density at radius 1 is 0.982 bits per heavy atom. The molecule has 0 spiro atoms. The lowest BCUT2D eigenvalue weighted by molar-refractivity contribution is -0.136. The van der Waals surface area contributed by atoms with Gasteiger partial charge < -0.3 is 30.4 Å². The SMILES string of the molecule is CCNC(=O)Nc1nnc([C@@H](NC(=O)C2(NC(=O)C(CC(C)CC)NC(=O)OCc3ccccc3)CCC(C)=C(c3cc(Cl)cc(Cl)c3C)C2)C(C)CC)o1. The third-order valence-electron chi connectivity index (χ3n) is 10.3. The summed E-state index contributed by atoms with van der Waals surface area (Å²) in [5.41, 5.74) is 2.71. The molecule has 4 unspecified atom stereocenters. The zero-order valence-electron chi connectivity index (χ0n) is 32.6. The number of hydrogen-bond acceptors (Lipinski definition) is 8. The third-order valence-corrected chi connectivity index (χ3v) is 10.9. The van der Waals surface area contributed by atoms with E-state index in [2.05, 4.69) is 36.8 Å². The molecule has 2 aromatic carbocycles. The second kappa shape index (κ2) is 19.8. The van der Waals surface area contributed by atoms with E-state index in [1.54, 1.807) is 13.0 Å². The molecule has 0 bridgehead atoms. The first-order valence-electron chi connectivity index (χ1n) is 18.8. The highest BCUT2D eigenvalue weighted by Gasteiger charge is 2.46. The van der Waals surface area contributed by atoms with Gasteiger partial charge in [-0.25, -0.2) is 9.59 Å². The molecule has 5 amide bonds. The van der Waals surface area contributed by atoms with Crippen molar-refractivity contribution in [2.45, 2.75) is 111 Å². The molecule has 0 fully saturated rings. The third kappa shape index (κ3) is 11.5. The Morgan fingerprint density at radius 2 is 1.71 bits per heavy atom. The minimum atomic E-state index is -1.50. The molecule has 1 aliphatic rings. The van der Waals surface area contributed by atoms with Crippen LogP contribution in [0.3, 0.4) is 0 Å². The van der Waals surface area contributed by atoms with Gasteiger partial charge in [0.25, 0.3) is 0 Å². The van der Waals surface area contributed by atoms with Crippen LogP contribution in [0.4, 0.5) is 15.6 Å². The summed E-state index contributed by atoms with van der Waals surface area (Å²) in [6, 6.07) is 10.3. The van der Waals surface area contributed by atoms with Gasteiger partial charge in [-0.15, -0.1) is 5.10 Å². The highest BCUT2D eigenvalue weighted by molar-refractivity contribution is 6.35. The summed E-state index contributed by atoms with van der Waals surface area (Å²) >= 11 is 13.1. The van der Waals surface area contributed by atoms with Gasteiger partial charge in [0.1, 0.15) is 24.2 Å². The number of amides is 5. The predicted octanol–water partition coefficient (Wildman–Crippen LogP) is 8.27. The van der Waals surface area contributed by atoms with Crippen molar-refractivity contribution >= 4 is 58.7 Å². The number of nitrogens with zero attached hydrogens (tertiary/aromatic N) is 2. The van der Waals surface area contributed by atoms with E-state index >= 15 is 0 Å². The highest BCUT2D eigenvalue weighted by Crippen LogP contribution is 2.42. The number of alkyl carbamates (subject to hydrolysis) is 1. The molecule has 0 saturated heterocycles. The largest absolute Gasteiger partial charge is 0.445 e. The number of hydrogen-bond donors (Lipinski definition) is 5. The van der Waals surface area contributed by atoms with Gasteiger partial charge in [0, 0.05) is 23.0 Å². The van der Waals surface area contributed by atoms with Crippen molar-refractivity contribution in [3.63, 3.8) is 0 Å². The maximum absolute atomic E-state index is 14.9. The van der Waals surface area contributed by atoms with Crippen LogP contribution in [-0.2, 0) is 20.9 Å². The van der Waals surface area contributed by atoms with Crippen LogP contribution in [0.5, 0.6) is 0 Å². The Morgan fingerprint density at radius 3 is 2.38 bits per heavy atom. The Labute approximate surface area is 333 Å². The topological polar surface area (TPSA) is 177 Å². The summed E-state index contributed by atoms with van der Waals surface area (Å²) in [4.78, 5) is 54.7. The lowest BCUT2D eigenvalue weighted by Gasteiger charge is -2.40. The van der Waals surface area contributed by atoms with Gasteiger partial charge in [0.05, 0.1) is 0 Å². The van der Waals surface area contributed by atoms with Crippen LogP contribution in [0.15, 0.2) is 52.5 Å². The Balaban J connectivity index is 1.71. The molecule has 5 N–H and O–H groups in total. The molecular weight excluding hydrogens is 745 g/mol. The zero-order chi connectivity index (χ0) is 40.3. The molecule has 0 aliphatic heterocycles. The molecule has 0 saturated carbocycles. The monoisotopic (exact) mass is 797 g/mol. The number of anilines is 1. The van der Waals surface area contributed by atoms with Crippen molar-refractivity contribution in [1.82, 2.24) is 31.5 Å². The van der Waals surface area contributed by atoms with E-state index in [-0.39, 0.29) is 43.2 Å². The number of carbonyl (C=O) groups is 4. The molecule has 1 aliphatic carbocycles. The van der Waals surface area contributed by atoms with Gasteiger partial charge in [0.2, 0.25) is 17.7 Å². The number of halogens is 2. The van der Waals surface area contributed by atoms with Crippen molar-refractivity contribution in [3.8, 4) is 0 Å². The molecule has 4 rings (SSSR count). The standard InChI is InChI=1S/C40H53Cl2N7O6/c1-8-23(4)18-32(44-39(53)54-22-27-14-12-11-13-15-27)34(50)47-40(17-16-25(6)30(21-40)29-19-28(41)20-31(42)26(29)7)36(51)45-33(24(5)9-2)35-48-49-38(55-35)46-37(52)43-10-3/h11-15,19-20,23-24,32-33H,8-10,16-18,21-22H2,1-7H3,(H,44,53)(H,45,51)(H,47,50)(H2,43,46,49,52)/t23?,24?,32?,33-,40?/m0/s1. The summed E-state index contributed by atoms with van der Waals surface area (Å²) in [7, 11) is 0. The summed E-state index contributed by atoms with van der Waals surface area (Å²) in [5, 5.41) is 23.2. The summed E-state index contributed by atoms with van der Waals surface area (Å²) in [5.74, 6) is -1.05. The molecule has 13 nitrogen and oxygen atoms in total. The van der Waals surface area contributed by atoms with Crippen molar-refractivity contribution < 1.29 is 28.3 Å². The van der Waals surface area contributed by atoms with E-state index in [1.807, 2.05) is 77.9 Å². The van der Waals surface area contributed by atoms with Gasteiger partial charge in [0.15, 0.2) is 0 Å². The molecule has 1 heterocycles. The number of nitrogens with one attached hydrogen (secondary N) is 5. The summed E-state index contributed by atoms with van der Waals surface area (Å²) < 4.78 is 11.3. The molecule has 5 atom stereocenters. The molecule has 3 aromatic rings. The van der Waals surface area contributed by atoms with Gasteiger partial charge >= 0.3 is 18.1 Å². The average Bonchev–Trinajstić information content (AvgIpc) is 3.62. The lowest BCUT2D eigenvalue weighted by atomic mass is 9.74. The highest BCUT2D eigenvalue weighted by atomic mass is 35.5. The van der Waals surface area contributed by atoms with Crippen LogP contribution >= 0.6 is 23.2 Å². The van der Waals surface area contributed by atoms with Crippen molar-refractivity contribution in [2.24, 2.45) is 11.8 Å². The number of ether oxygens (including phenoxy) is 1. The van der Waals surface area contributed by atoms with E-state index in [0.717, 1.165) is 34.3 Å². The number of allylic oxidation sites excluding steroid dienone is 1. The molecule has 55 heavy (non-hydrogen) atoms. The minimum Gasteiger partial charge on any atom is -0.445 e. The first-order chi connectivity index (χ1) is 26.2. The number of carbonyl (C=O) groups excluding carboxylic acids is 4. The van der Waals surface area contributed by atoms with Crippen molar-refractivity contribution in [2.75, 3.05) is 11.9 Å². The lowest BCUT2D eigenvalue weighted by Crippen LogP contribution is -2.63. The number of aromatic nitrogens is 2. The molecule has 1 aromatic heterocycles. The maximum atomic E-state index is 14.9. The second-order valence-corrected chi connectivity index (χ2v) is 15.2. The van der Waals surface area contributed by atoms with Gasteiger partial charge in [-0.05, 0) is 86.3 Å². The number of benzene rings is 2. The quantitative estimate of drug-likeness (QED) is 0.0962. The van der Waals surface area contributed by atoms with Gasteiger partial charge in [-0.1, -0.05) is 105 Å². The zero-order valence-corrected chi connectivity index (χ0v) is 34.1. The fraction of sp³-hybridized carbons (Fsp3) is 0.500. The van der Waals surface area contributed by atoms with Gasteiger partial charge in [-0.2, -0.15) is 0 Å². The fourth-order valence-corrected chi connectivity index (χ4v) is 6.93.